The van der Waals surface area contributed by atoms with E-state index >= 15 is 0 Å². The van der Waals surface area contributed by atoms with Crippen LogP contribution >= 0.6 is 0 Å². The summed E-state index contributed by atoms with van der Waals surface area (Å²) in [5, 5.41) is 12.0. The van der Waals surface area contributed by atoms with Gasteiger partial charge in [0.2, 0.25) is 15.9 Å². The summed E-state index contributed by atoms with van der Waals surface area (Å²) in [6.07, 6.45) is 5.28. The Bertz CT molecular complexity index is 1390. The minimum atomic E-state index is -3.97. The molecular formula is C28H33N5O5S. The molecule has 1 aliphatic heterocycles. The fourth-order valence-electron chi connectivity index (χ4n) is 4.52. The average molecular weight is 552 g/mol. The molecule has 0 radical (unpaired) electrons. The number of nitrogens with one attached hydrogen (secondary N) is 1. The van der Waals surface area contributed by atoms with E-state index in [-0.39, 0.29) is 36.8 Å². The topological polar surface area (TPSA) is 133 Å². The maximum absolute atomic E-state index is 13.7. The van der Waals surface area contributed by atoms with Crippen LogP contribution in [0.5, 0.6) is 0 Å². The lowest BCUT2D eigenvalue weighted by Crippen LogP contribution is -2.60. The zero-order valence-electron chi connectivity index (χ0n) is 22.1. The minimum Gasteiger partial charge on any atom is -0.476 e. The number of anilines is 1. The van der Waals surface area contributed by atoms with E-state index in [4.69, 9.17) is 5.11 Å². The van der Waals surface area contributed by atoms with Crippen molar-refractivity contribution in [2.24, 2.45) is 0 Å². The third-order valence-electron chi connectivity index (χ3n) is 6.78. The summed E-state index contributed by atoms with van der Waals surface area (Å²) in [6, 6.07) is 13.7. The third-order valence-corrected chi connectivity index (χ3v) is 8.70. The van der Waals surface area contributed by atoms with Crippen LogP contribution in [0.3, 0.4) is 0 Å². The Balaban J connectivity index is 1.57. The molecule has 0 bridgehead atoms. The van der Waals surface area contributed by atoms with E-state index < -0.39 is 27.9 Å². The highest BCUT2D eigenvalue weighted by atomic mass is 32.2. The molecule has 11 heteroatoms. The molecule has 2 N–H and O–H groups in total. The van der Waals surface area contributed by atoms with Crippen LogP contribution in [0.15, 0.2) is 65.8 Å². The van der Waals surface area contributed by atoms with Crippen molar-refractivity contribution in [2.75, 3.05) is 24.5 Å². The normalized spacial score (nSPS) is 16.2. The first-order valence-corrected chi connectivity index (χ1v) is 14.4. The van der Waals surface area contributed by atoms with Gasteiger partial charge in [0.05, 0.1) is 17.3 Å². The van der Waals surface area contributed by atoms with Gasteiger partial charge < -0.3 is 15.3 Å². The minimum absolute atomic E-state index is 0.0364. The van der Waals surface area contributed by atoms with Crippen molar-refractivity contribution in [3.63, 3.8) is 0 Å². The first-order valence-electron chi connectivity index (χ1n) is 13.0. The maximum Gasteiger partial charge on any atom is 0.356 e. The predicted molar refractivity (Wildman–Crippen MR) is 147 cm³/mol. The molecule has 0 aliphatic carbocycles. The fourth-order valence-corrected chi connectivity index (χ4v) is 6.09. The summed E-state index contributed by atoms with van der Waals surface area (Å²) in [6.45, 7) is 4.71. The highest BCUT2D eigenvalue weighted by Crippen LogP contribution is 2.24. The summed E-state index contributed by atoms with van der Waals surface area (Å²) >= 11 is 0. The molecule has 1 atom stereocenters. The first kappa shape index (κ1) is 28.2. The number of carboxylic acid groups (broad SMARTS) is 1. The molecule has 2 heterocycles. The first-order chi connectivity index (χ1) is 18.7. The number of aromatic nitrogens is 2. The lowest BCUT2D eigenvalue weighted by Gasteiger charge is -2.40. The number of aryl methyl sites for hydroxylation is 2. The number of carbonyl (C=O) groups excluding carboxylic acids is 1. The van der Waals surface area contributed by atoms with Crippen LogP contribution in [0.2, 0.25) is 0 Å². The van der Waals surface area contributed by atoms with Gasteiger partial charge in [0, 0.05) is 26.2 Å². The molecule has 0 saturated carbocycles. The van der Waals surface area contributed by atoms with Crippen molar-refractivity contribution in [3.8, 4) is 0 Å². The highest BCUT2D eigenvalue weighted by Gasteiger charge is 2.40. The van der Waals surface area contributed by atoms with Crippen molar-refractivity contribution in [1.29, 1.82) is 0 Å². The second-order valence-electron chi connectivity index (χ2n) is 9.42. The number of hydrogen-bond acceptors (Lipinski definition) is 7. The van der Waals surface area contributed by atoms with Gasteiger partial charge in [-0.2, -0.15) is 4.31 Å². The molecule has 3 aromatic rings. The molecule has 206 valence electrons. The Kier molecular flexibility index (Phi) is 8.93. The highest BCUT2D eigenvalue weighted by molar-refractivity contribution is 7.89. The number of piperazine rings is 1. The van der Waals surface area contributed by atoms with E-state index in [1.807, 2.05) is 31.2 Å². The van der Waals surface area contributed by atoms with E-state index in [0.29, 0.717) is 5.82 Å². The number of sulfonamides is 1. The Morgan fingerprint density at radius 3 is 2.21 bits per heavy atom. The Morgan fingerprint density at radius 2 is 1.62 bits per heavy atom. The van der Waals surface area contributed by atoms with Gasteiger partial charge in [-0.1, -0.05) is 56.7 Å². The lowest BCUT2D eigenvalue weighted by molar-refractivity contribution is -0.125. The summed E-state index contributed by atoms with van der Waals surface area (Å²) in [7, 11) is -3.97. The zero-order valence-corrected chi connectivity index (χ0v) is 22.9. The predicted octanol–water partition coefficient (Wildman–Crippen LogP) is 2.89. The van der Waals surface area contributed by atoms with Crippen molar-refractivity contribution in [2.45, 2.75) is 50.6 Å². The maximum atomic E-state index is 13.7. The number of nitrogens with zero attached hydrogens (tertiary/aromatic N) is 4. The largest absolute Gasteiger partial charge is 0.476 e. The summed E-state index contributed by atoms with van der Waals surface area (Å²) < 4.78 is 28.6. The van der Waals surface area contributed by atoms with Gasteiger partial charge in [-0.05, 0) is 41.7 Å². The molecule has 1 fully saturated rings. The summed E-state index contributed by atoms with van der Waals surface area (Å²) in [4.78, 5) is 34.6. The molecule has 0 spiro atoms. The van der Waals surface area contributed by atoms with Gasteiger partial charge in [0.25, 0.3) is 0 Å². The van der Waals surface area contributed by atoms with Crippen LogP contribution in [-0.4, -0.2) is 65.4 Å². The summed E-state index contributed by atoms with van der Waals surface area (Å²) in [5.41, 5.74) is 2.95. The van der Waals surface area contributed by atoms with Crippen LogP contribution in [0.25, 0.3) is 0 Å². The molecule has 1 amide bonds. The van der Waals surface area contributed by atoms with Gasteiger partial charge in [-0.3, -0.25) is 4.79 Å². The molecule has 10 nitrogen and oxygen atoms in total. The number of hydrogen-bond donors (Lipinski definition) is 2. The van der Waals surface area contributed by atoms with Crippen LogP contribution in [-0.2, 0) is 34.2 Å². The van der Waals surface area contributed by atoms with E-state index in [2.05, 4.69) is 22.2 Å². The number of benzene rings is 2. The second kappa shape index (κ2) is 12.4. The van der Waals surface area contributed by atoms with Crippen molar-refractivity contribution in [3.05, 3.63) is 83.3 Å². The van der Waals surface area contributed by atoms with Crippen molar-refractivity contribution in [1.82, 2.24) is 19.6 Å². The Labute approximate surface area is 228 Å². The van der Waals surface area contributed by atoms with Crippen molar-refractivity contribution < 1.29 is 23.1 Å². The number of rotatable bonds is 10. The molecule has 0 unspecified atom stereocenters. The average Bonchev–Trinajstić information content (AvgIpc) is 2.96. The van der Waals surface area contributed by atoms with E-state index in [1.54, 1.807) is 29.2 Å². The number of carboxylic acids is 1. The van der Waals surface area contributed by atoms with E-state index in [1.165, 1.54) is 16.1 Å². The molecule has 4 rings (SSSR count). The van der Waals surface area contributed by atoms with Crippen LogP contribution < -0.4 is 10.2 Å². The Hall–Kier alpha value is -3.83. The Morgan fingerprint density at radius 1 is 0.949 bits per heavy atom. The zero-order chi connectivity index (χ0) is 28.0. The fraction of sp³-hybridized carbons (Fsp3) is 0.357. The van der Waals surface area contributed by atoms with E-state index in [0.717, 1.165) is 36.6 Å². The van der Waals surface area contributed by atoms with Gasteiger partial charge >= 0.3 is 5.97 Å². The van der Waals surface area contributed by atoms with Gasteiger partial charge in [-0.25, -0.2) is 23.2 Å². The third kappa shape index (κ3) is 6.61. The number of amides is 1. The molecule has 1 saturated heterocycles. The van der Waals surface area contributed by atoms with Gasteiger partial charge in [0.1, 0.15) is 11.9 Å². The van der Waals surface area contributed by atoms with Crippen LogP contribution in [0.1, 0.15) is 47.4 Å². The van der Waals surface area contributed by atoms with Crippen molar-refractivity contribution >= 4 is 27.7 Å². The molecule has 1 aromatic heterocycles. The molecule has 39 heavy (non-hydrogen) atoms. The van der Waals surface area contributed by atoms with Crippen LogP contribution in [0, 0.1) is 0 Å². The SMILES string of the molecule is CCCc1ccc(CNC(=O)[C@H]2CN(c3cnc(C(=O)O)cn3)CCN2S(=O)(=O)c2ccc(CC)cc2)cc1. The number of aromatic carboxylic acids is 1. The monoisotopic (exact) mass is 551 g/mol. The standard InChI is InChI=1S/C28H33N5O5S/c1-3-5-21-6-8-22(9-7-21)16-31-27(34)25-19-32(26-18-29-24(17-30-26)28(35)36)14-15-33(25)39(37,38)23-12-10-20(4-2)11-13-23/h6-13,17-18,25H,3-5,14-16,19H2,1-2H3,(H,31,34)(H,35,36)/t25-/m1/s1. The molecule has 1 aliphatic rings. The second-order valence-corrected chi connectivity index (χ2v) is 11.3. The quantitative estimate of drug-likeness (QED) is 0.393. The smallest absolute Gasteiger partial charge is 0.356 e. The van der Waals surface area contributed by atoms with Gasteiger partial charge in [0.15, 0.2) is 5.69 Å². The molecular weight excluding hydrogens is 518 g/mol. The summed E-state index contributed by atoms with van der Waals surface area (Å²) in [5.74, 6) is -1.26. The van der Waals surface area contributed by atoms with Crippen LogP contribution in [0.4, 0.5) is 5.82 Å². The molecule has 2 aromatic carbocycles. The lowest BCUT2D eigenvalue weighted by atomic mass is 10.1. The van der Waals surface area contributed by atoms with E-state index in [9.17, 15) is 18.0 Å². The van der Waals surface area contributed by atoms with Gasteiger partial charge in [-0.15, -0.1) is 0 Å². The number of carbonyl (C=O) groups is 2.